The van der Waals surface area contributed by atoms with Crippen molar-refractivity contribution in [3.05, 3.63) is 21.3 Å². The fourth-order valence-electron chi connectivity index (χ4n) is 1.45. The second-order valence-corrected chi connectivity index (χ2v) is 5.43. The highest BCUT2D eigenvalue weighted by atomic mass is 35.5. The number of thiophene rings is 1. The van der Waals surface area contributed by atoms with Gasteiger partial charge < -0.3 is 5.11 Å². The smallest absolute Gasteiger partial charge is 0.0931 e. The molecule has 74 valence electrons. The molecule has 0 aliphatic rings. The molecule has 0 aromatic carbocycles. The van der Waals surface area contributed by atoms with Gasteiger partial charge in [0, 0.05) is 11.3 Å². The average molecular weight is 219 g/mol. The maximum absolute atomic E-state index is 9.94. The van der Waals surface area contributed by atoms with Crippen LogP contribution in [0.15, 0.2) is 12.1 Å². The van der Waals surface area contributed by atoms with Crippen molar-refractivity contribution in [1.82, 2.24) is 0 Å². The lowest BCUT2D eigenvalue weighted by Crippen LogP contribution is -2.26. The van der Waals surface area contributed by atoms with Crippen LogP contribution in [-0.4, -0.2) is 10.7 Å². The van der Waals surface area contributed by atoms with Crippen LogP contribution in [0.3, 0.4) is 0 Å². The molecule has 0 amide bonds. The van der Waals surface area contributed by atoms with Crippen molar-refractivity contribution in [1.29, 1.82) is 0 Å². The minimum atomic E-state index is -0.580. The van der Waals surface area contributed by atoms with E-state index in [1.807, 2.05) is 19.1 Å². The largest absolute Gasteiger partial charge is 0.390 e. The van der Waals surface area contributed by atoms with E-state index in [9.17, 15) is 5.11 Å². The van der Waals surface area contributed by atoms with Crippen molar-refractivity contribution in [2.24, 2.45) is 0 Å². The Labute approximate surface area is 88.4 Å². The highest BCUT2D eigenvalue weighted by molar-refractivity contribution is 7.16. The van der Waals surface area contributed by atoms with Gasteiger partial charge in [0.15, 0.2) is 0 Å². The van der Waals surface area contributed by atoms with Gasteiger partial charge in [-0.2, -0.15) is 0 Å². The second kappa shape index (κ2) is 4.45. The van der Waals surface area contributed by atoms with Gasteiger partial charge in [-0.3, -0.25) is 0 Å². The molecule has 1 nitrogen and oxygen atoms in total. The summed E-state index contributed by atoms with van der Waals surface area (Å²) in [5, 5.41) is 9.94. The normalized spacial score (nSPS) is 15.7. The lowest BCUT2D eigenvalue weighted by Gasteiger charge is -2.21. The average Bonchev–Trinajstić information content (AvgIpc) is 2.34. The van der Waals surface area contributed by atoms with Crippen molar-refractivity contribution >= 4 is 22.9 Å². The van der Waals surface area contributed by atoms with E-state index in [2.05, 4.69) is 6.92 Å². The van der Waals surface area contributed by atoms with E-state index in [0.717, 1.165) is 22.1 Å². The molecule has 0 aliphatic heterocycles. The Kier molecular flexibility index (Phi) is 3.77. The molecular formula is C10H15ClOS. The fraction of sp³-hybridized carbons (Fsp3) is 0.600. The molecule has 13 heavy (non-hydrogen) atoms. The second-order valence-electron chi connectivity index (χ2n) is 3.63. The summed E-state index contributed by atoms with van der Waals surface area (Å²) in [4.78, 5) is 1.16. The topological polar surface area (TPSA) is 20.2 Å². The Morgan fingerprint density at radius 2 is 2.23 bits per heavy atom. The monoisotopic (exact) mass is 218 g/mol. The van der Waals surface area contributed by atoms with E-state index in [4.69, 9.17) is 11.6 Å². The Hall–Kier alpha value is -0.0500. The maximum atomic E-state index is 9.94. The van der Waals surface area contributed by atoms with Gasteiger partial charge in [0.1, 0.15) is 0 Å². The third-order valence-electron chi connectivity index (χ3n) is 1.97. The van der Waals surface area contributed by atoms with Gasteiger partial charge in [0.05, 0.1) is 9.94 Å². The van der Waals surface area contributed by atoms with Crippen LogP contribution >= 0.6 is 22.9 Å². The van der Waals surface area contributed by atoms with Crippen LogP contribution < -0.4 is 0 Å². The Morgan fingerprint density at radius 3 is 2.69 bits per heavy atom. The zero-order valence-corrected chi connectivity index (χ0v) is 9.58. The summed E-state index contributed by atoms with van der Waals surface area (Å²) in [7, 11) is 0. The Bertz CT molecular complexity index is 268. The summed E-state index contributed by atoms with van der Waals surface area (Å²) in [6.07, 6.45) is 2.55. The molecule has 1 aromatic heterocycles. The number of hydrogen-bond donors (Lipinski definition) is 1. The summed E-state index contributed by atoms with van der Waals surface area (Å²) in [5.74, 6) is 0. The van der Waals surface area contributed by atoms with Crippen molar-refractivity contribution < 1.29 is 5.11 Å². The molecule has 0 fully saturated rings. The lowest BCUT2D eigenvalue weighted by atomic mass is 9.96. The Balaban J connectivity index is 2.57. The van der Waals surface area contributed by atoms with E-state index in [1.165, 1.54) is 0 Å². The first-order chi connectivity index (χ1) is 6.03. The standard InChI is InChI=1S/C10H15ClOS/c1-3-6-10(2,12)7-8-4-5-9(11)13-8/h4-5,12H,3,6-7H2,1-2H3. The number of halogens is 1. The lowest BCUT2D eigenvalue weighted by molar-refractivity contribution is 0.0513. The molecule has 0 saturated heterocycles. The minimum Gasteiger partial charge on any atom is -0.390 e. The molecule has 0 spiro atoms. The quantitative estimate of drug-likeness (QED) is 0.820. The van der Waals surface area contributed by atoms with Gasteiger partial charge in [-0.15, -0.1) is 11.3 Å². The van der Waals surface area contributed by atoms with Crippen LogP contribution in [0.2, 0.25) is 4.34 Å². The third kappa shape index (κ3) is 3.67. The van der Waals surface area contributed by atoms with Gasteiger partial charge in [0.2, 0.25) is 0 Å². The molecule has 1 N–H and O–H groups in total. The molecule has 0 radical (unpaired) electrons. The molecule has 1 heterocycles. The highest BCUT2D eigenvalue weighted by Crippen LogP contribution is 2.26. The zero-order valence-electron chi connectivity index (χ0n) is 8.01. The van der Waals surface area contributed by atoms with Crippen LogP contribution in [0.25, 0.3) is 0 Å². The van der Waals surface area contributed by atoms with Gasteiger partial charge >= 0.3 is 0 Å². The van der Waals surface area contributed by atoms with Crippen LogP contribution in [0.1, 0.15) is 31.6 Å². The number of hydrogen-bond acceptors (Lipinski definition) is 2. The van der Waals surface area contributed by atoms with E-state index < -0.39 is 5.60 Å². The Morgan fingerprint density at radius 1 is 1.54 bits per heavy atom. The van der Waals surface area contributed by atoms with E-state index in [0.29, 0.717) is 6.42 Å². The highest BCUT2D eigenvalue weighted by Gasteiger charge is 2.20. The molecule has 0 saturated carbocycles. The summed E-state index contributed by atoms with van der Waals surface area (Å²) >= 11 is 7.35. The van der Waals surface area contributed by atoms with Crippen LogP contribution in [0, 0.1) is 0 Å². The molecule has 0 bridgehead atoms. The predicted octanol–water partition coefficient (Wildman–Crippen LogP) is 3.50. The van der Waals surface area contributed by atoms with Crippen molar-refractivity contribution in [3.8, 4) is 0 Å². The SMILES string of the molecule is CCCC(C)(O)Cc1ccc(Cl)s1. The number of aliphatic hydroxyl groups is 1. The third-order valence-corrected chi connectivity index (χ3v) is 3.20. The first-order valence-electron chi connectivity index (χ1n) is 4.50. The first-order valence-corrected chi connectivity index (χ1v) is 5.69. The van der Waals surface area contributed by atoms with Gasteiger partial charge in [-0.05, 0) is 25.5 Å². The summed E-state index contributed by atoms with van der Waals surface area (Å²) < 4.78 is 0.794. The predicted molar refractivity (Wildman–Crippen MR) is 58.6 cm³/mol. The molecule has 3 heteroatoms. The van der Waals surface area contributed by atoms with Gasteiger partial charge in [-0.1, -0.05) is 24.9 Å². The van der Waals surface area contributed by atoms with Crippen LogP contribution in [-0.2, 0) is 6.42 Å². The van der Waals surface area contributed by atoms with Crippen molar-refractivity contribution in [2.75, 3.05) is 0 Å². The van der Waals surface area contributed by atoms with E-state index in [-0.39, 0.29) is 0 Å². The first kappa shape index (κ1) is 11.0. The van der Waals surface area contributed by atoms with Crippen LogP contribution in [0.4, 0.5) is 0 Å². The summed E-state index contributed by atoms with van der Waals surface area (Å²) in [5.41, 5.74) is -0.580. The van der Waals surface area contributed by atoms with Crippen molar-refractivity contribution in [2.45, 2.75) is 38.7 Å². The summed E-state index contributed by atoms with van der Waals surface area (Å²) in [6.45, 7) is 3.96. The van der Waals surface area contributed by atoms with E-state index in [1.54, 1.807) is 11.3 Å². The molecule has 1 rings (SSSR count). The van der Waals surface area contributed by atoms with Gasteiger partial charge in [0.25, 0.3) is 0 Å². The molecule has 0 aliphatic carbocycles. The van der Waals surface area contributed by atoms with Crippen LogP contribution in [0.5, 0.6) is 0 Å². The number of rotatable bonds is 4. The summed E-state index contributed by atoms with van der Waals surface area (Å²) in [6, 6.07) is 3.86. The minimum absolute atomic E-state index is 0.580. The fourth-order valence-corrected chi connectivity index (χ4v) is 2.72. The zero-order chi connectivity index (χ0) is 9.90. The molecular weight excluding hydrogens is 204 g/mol. The van der Waals surface area contributed by atoms with Gasteiger partial charge in [-0.25, -0.2) is 0 Å². The molecule has 1 atom stereocenters. The van der Waals surface area contributed by atoms with Crippen molar-refractivity contribution in [3.63, 3.8) is 0 Å². The molecule has 1 unspecified atom stereocenters. The van der Waals surface area contributed by atoms with E-state index >= 15 is 0 Å². The maximum Gasteiger partial charge on any atom is 0.0931 e. The molecule has 1 aromatic rings.